The second-order valence-electron chi connectivity index (χ2n) is 7.21. The first-order chi connectivity index (χ1) is 15.7. The molecule has 9 heteroatoms. The summed E-state index contributed by atoms with van der Waals surface area (Å²) in [6.07, 6.45) is 2.14. The van der Waals surface area contributed by atoms with Crippen molar-refractivity contribution >= 4 is 22.5 Å². The minimum atomic E-state index is -0.366. The smallest absolute Gasteiger partial charge is 0.231 e. The highest BCUT2D eigenvalue weighted by Crippen LogP contribution is 2.20. The number of ether oxygens (including phenoxy) is 1. The lowest BCUT2D eigenvalue weighted by Gasteiger charge is -2.08. The molecule has 0 atom stereocenters. The largest absolute Gasteiger partial charge is 0.475 e. The summed E-state index contributed by atoms with van der Waals surface area (Å²) in [6.45, 7) is 0.579. The SMILES string of the molecule is O=C(Cc1c[nH]c2ccccc12)NCCOc1ccc2nnc(-c3cccc(F)c3)n2n1. The molecule has 3 heterocycles. The predicted octanol–water partition coefficient (Wildman–Crippen LogP) is 3.15. The summed E-state index contributed by atoms with van der Waals surface area (Å²) in [5.74, 6) is 0.307. The molecular weight excluding hydrogens is 411 g/mol. The van der Waals surface area contributed by atoms with Gasteiger partial charge in [-0.25, -0.2) is 4.39 Å². The molecule has 2 N–H and O–H groups in total. The molecule has 0 saturated heterocycles. The summed E-state index contributed by atoms with van der Waals surface area (Å²) in [6, 6.07) is 17.3. The highest BCUT2D eigenvalue weighted by atomic mass is 19.1. The first-order valence-corrected chi connectivity index (χ1v) is 10.1. The molecule has 1 amide bonds. The lowest BCUT2D eigenvalue weighted by atomic mass is 10.1. The number of halogens is 1. The van der Waals surface area contributed by atoms with Crippen LogP contribution in [0.1, 0.15) is 5.56 Å². The Kier molecular flexibility index (Phi) is 5.20. The quantitative estimate of drug-likeness (QED) is 0.387. The van der Waals surface area contributed by atoms with Crippen LogP contribution in [-0.2, 0) is 11.2 Å². The van der Waals surface area contributed by atoms with Gasteiger partial charge < -0.3 is 15.0 Å². The van der Waals surface area contributed by atoms with Gasteiger partial charge in [-0.15, -0.1) is 15.3 Å². The van der Waals surface area contributed by atoms with Gasteiger partial charge >= 0.3 is 0 Å². The van der Waals surface area contributed by atoms with E-state index in [1.807, 2.05) is 30.5 Å². The fraction of sp³-hybridized carbons (Fsp3) is 0.130. The lowest BCUT2D eigenvalue weighted by Crippen LogP contribution is -2.29. The fourth-order valence-electron chi connectivity index (χ4n) is 3.52. The normalized spacial score (nSPS) is 11.2. The van der Waals surface area contributed by atoms with Gasteiger partial charge in [-0.05, 0) is 29.8 Å². The molecule has 0 spiro atoms. The maximum atomic E-state index is 13.6. The Bertz CT molecular complexity index is 1410. The van der Waals surface area contributed by atoms with E-state index < -0.39 is 0 Å². The molecule has 0 aliphatic carbocycles. The van der Waals surface area contributed by atoms with Gasteiger partial charge in [0.15, 0.2) is 11.5 Å². The first kappa shape index (κ1) is 19.7. The van der Waals surface area contributed by atoms with Gasteiger partial charge in [0.25, 0.3) is 0 Å². The third kappa shape index (κ3) is 4.00. The van der Waals surface area contributed by atoms with Crippen LogP contribution in [0.15, 0.2) is 66.9 Å². The number of hydrogen-bond donors (Lipinski definition) is 2. The van der Waals surface area contributed by atoms with Gasteiger partial charge in [-0.2, -0.15) is 4.52 Å². The van der Waals surface area contributed by atoms with Crippen molar-refractivity contribution in [3.63, 3.8) is 0 Å². The summed E-state index contributed by atoms with van der Waals surface area (Å²) in [5, 5.41) is 16.4. The van der Waals surface area contributed by atoms with E-state index in [4.69, 9.17) is 4.74 Å². The monoisotopic (exact) mass is 430 g/mol. The third-order valence-corrected chi connectivity index (χ3v) is 5.02. The van der Waals surface area contributed by atoms with E-state index in [1.54, 1.807) is 24.3 Å². The van der Waals surface area contributed by atoms with Gasteiger partial charge in [0, 0.05) is 28.7 Å². The third-order valence-electron chi connectivity index (χ3n) is 5.02. The molecule has 3 aromatic heterocycles. The second-order valence-corrected chi connectivity index (χ2v) is 7.21. The van der Waals surface area contributed by atoms with Crippen molar-refractivity contribution in [3.05, 3.63) is 78.2 Å². The first-order valence-electron chi connectivity index (χ1n) is 10.1. The van der Waals surface area contributed by atoms with Gasteiger partial charge in [-0.3, -0.25) is 4.79 Å². The zero-order valence-corrected chi connectivity index (χ0v) is 17.0. The van der Waals surface area contributed by atoms with Crippen molar-refractivity contribution in [1.82, 2.24) is 30.1 Å². The number of amides is 1. The molecule has 32 heavy (non-hydrogen) atoms. The van der Waals surface area contributed by atoms with Crippen LogP contribution in [-0.4, -0.2) is 43.9 Å². The molecule has 0 fully saturated rings. The van der Waals surface area contributed by atoms with Gasteiger partial charge in [0.05, 0.1) is 13.0 Å². The summed E-state index contributed by atoms with van der Waals surface area (Å²) < 4.78 is 20.7. The van der Waals surface area contributed by atoms with E-state index in [-0.39, 0.29) is 24.8 Å². The number of aromatic nitrogens is 5. The standard InChI is InChI=1S/C23H19FN6O2/c24-17-5-3-4-15(12-17)23-28-27-20-8-9-22(29-30(20)23)32-11-10-25-21(31)13-16-14-26-19-7-2-1-6-18(16)19/h1-9,12,14,26H,10-11,13H2,(H,25,31). The molecule has 0 bridgehead atoms. The molecule has 5 aromatic rings. The topological polar surface area (TPSA) is 97.2 Å². The van der Waals surface area contributed by atoms with Crippen LogP contribution < -0.4 is 10.1 Å². The molecule has 0 radical (unpaired) electrons. The van der Waals surface area contributed by atoms with Gasteiger partial charge in [0.1, 0.15) is 12.4 Å². The van der Waals surface area contributed by atoms with Crippen molar-refractivity contribution in [1.29, 1.82) is 0 Å². The summed E-state index contributed by atoms with van der Waals surface area (Å²) in [4.78, 5) is 15.5. The van der Waals surface area contributed by atoms with Crippen LogP contribution in [0.3, 0.4) is 0 Å². The highest BCUT2D eigenvalue weighted by Gasteiger charge is 2.12. The molecule has 0 aliphatic rings. The van der Waals surface area contributed by atoms with Crippen LogP contribution in [0.2, 0.25) is 0 Å². The second kappa shape index (κ2) is 8.46. The summed E-state index contributed by atoms with van der Waals surface area (Å²) >= 11 is 0. The molecule has 0 saturated carbocycles. The number of nitrogens with one attached hydrogen (secondary N) is 2. The van der Waals surface area contributed by atoms with Gasteiger partial charge in [0.2, 0.25) is 11.8 Å². The van der Waals surface area contributed by atoms with Crippen molar-refractivity contribution in [2.24, 2.45) is 0 Å². The Morgan fingerprint density at radius 2 is 2.00 bits per heavy atom. The number of nitrogens with zero attached hydrogens (tertiary/aromatic N) is 4. The number of para-hydroxylation sites is 1. The zero-order valence-electron chi connectivity index (χ0n) is 17.0. The van der Waals surface area contributed by atoms with E-state index in [0.29, 0.717) is 29.5 Å². The zero-order chi connectivity index (χ0) is 21.9. The Morgan fingerprint density at radius 1 is 1.09 bits per heavy atom. The molecule has 8 nitrogen and oxygen atoms in total. The highest BCUT2D eigenvalue weighted by molar-refractivity contribution is 5.88. The number of rotatable bonds is 7. The molecule has 160 valence electrons. The van der Waals surface area contributed by atoms with Crippen molar-refractivity contribution in [3.8, 4) is 17.3 Å². The van der Waals surface area contributed by atoms with E-state index >= 15 is 0 Å². The molecule has 0 aliphatic heterocycles. The van der Waals surface area contributed by atoms with Crippen molar-refractivity contribution in [2.75, 3.05) is 13.2 Å². The Morgan fingerprint density at radius 3 is 2.91 bits per heavy atom. The van der Waals surface area contributed by atoms with Crippen LogP contribution in [0.25, 0.3) is 27.9 Å². The molecular formula is C23H19FN6O2. The maximum absolute atomic E-state index is 13.6. The minimum Gasteiger partial charge on any atom is -0.475 e. The van der Waals surface area contributed by atoms with E-state index in [9.17, 15) is 9.18 Å². The Hall–Kier alpha value is -4.27. The molecule has 0 unspecified atom stereocenters. The van der Waals surface area contributed by atoms with E-state index in [2.05, 4.69) is 25.6 Å². The number of carbonyl (C=O) groups is 1. The average Bonchev–Trinajstić information content (AvgIpc) is 3.41. The summed E-state index contributed by atoms with van der Waals surface area (Å²) in [5.41, 5.74) is 3.03. The number of aromatic amines is 1. The van der Waals surface area contributed by atoms with E-state index in [1.165, 1.54) is 16.6 Å². The number of hydrogen-bond acceptors (Lipinski definition) is 5. The maximum Gasteiger partial charge on any atom is 0.231 e. The number of carbonyl (C=O) groups excluding carboxylic acids is 1. The Balaban J connectivity index is 1.19. The average molecular weight is 430 g/mol. The molecule has 5 rings (SSSR count). The van der Waals surface area contributed by atoms with E-state index in [0.717, 1.165) is 16.5 Å². The fourth-order valence-corrected chi connectivity index (χ4v) is 3.52. The van der Waals surface area contributed by atoms with Crippen LogP contribution in [0.4, 0.5) is 4.39 Å². The lowest BCUT2D eigenvalue weighted by molar-refractivity contribution is -0.120. The molecule has 2 aromatic carbocycles. The van der Waals surface area contributed by atoms with Crippen LogP contribution in [0.5, 0.6) is 5.88 Å². The number of fused-ring (bicyclic) bond motifs is 2. The predicted molar refractivity (Wildman–Crippen MR) is 117 cm³/mol. The minimum absolute atomic E-state index is 0.0889. The number of H-pyrrole nitrogens is 1. The Labute approximate surface area is 182 Å². The van der Waals surface area contributed by atoms with Crippen molar-refractivity contribution < 1.29 is 13.9 Å². The van der Waals surface area contributed by atoms with Crippen LogP contribution in [0, 0.1) is 5.82 Å². The van der Waals surface area contributed by atoms with Crippen LogP contribution >= 0.6 is 0 Å². The van der Waals surface area contributed by atoms with Gasteiger partial charge in [-0.1, -0.05) is 30.3 Å². The number of benzene rings is 2. The summed E-state index contributed by atoms with van der Waals surface area (Å²) in [7, 11) is 0. The van der Waals surface area contributed by atoms with Crippen molar-refractivity contribution in [2.45, 2.75) is 6.42 Å².